The van der Waals surface area contributed by atoms with E-state index in [4.69, 9.17) is 9.47 Å². The van der Waals surface area contributed by atoms with Crippen LogP contribution in [0.5, 0.6) is 5.75 Å². The zero-order valence-electron chi connectivity index (χ0n) is 17.4. The van der Waals surface area contributed by atoms with Gasteiger partial charge in [-0.3, -0.25) is 14.4 Å². The number of carbonyl (C=O) groups excluding carboxylic acids is 4. The maximum absolute atomic E-state index is 14.4. The van der Waals surface area contributed by atoms with Crippen LogP contribution in [0.25, 0.3) is 0 Å². The molecular formula is C25H18FNO6. The number of benzene rings is 3. The van der Waals surface area contributed by atoms with E-state index < -0.39 is 41.3 Å². The number of nitrogens with one attached hydrogen (secondary N) is 1. The summed E-state index contributed by atoms with van der Waals surface area (Å²) in [6, 6.07) is 17.7. The number of rotatable bonds is 7. The number of carbonyl (C=O) groups is 4. The number of para-hydroxylation sites is 2. The van der Waals surface area contributed by atoms with Crippen molar-refractivity contribution in [3.8, 4) is 5.75 Å². The molecule has 0 fully saturated rings. The molecule has 0 unspecified atom stereocenters. The van der Waals surface area contributed by atoms with E-state index in [9.17, 15) is 23.6 Å². The van der Waals surface area contributed by atoms with Gasteiger partial charge in [0.25, 0.3) is 5.91 Å². The number of ketones is 2. The molecule has 0 aromatic heterocycles. The third kappa shape index (κ3) is 4.10. The molecule has 0 radical (unpaired) electrons. The van der Waals surface area contributed by atoms with Crippen molar-refractivity contribution in [1.82, 2.24) is 0 Å². The second-order valence-corrected chi connectivity index (χ2v) is 7.25. The minimum atomic E-state index is -1.79. The fourth-order valence-electron chi connectivity index (χ4n) is 3.72. The highest BCUT2D eigenvalue weighted by Crippen LogP contribution is 2.38. The van der Waals surface area contributed by atoms with Gasteiger partial charge in [0.1, 0.15) is 23.6 Å². The van der Waals surface area contributed by atoms with Crippen molar-refractivity contribution in [3.05, 3.63) is 95.3 Å². The van der Waals surface area contributed by atoms with Crippen molar-refractivity contribution < 1.29 is 33.0 Å². The Hall–Kier alpha value is -4.33. The van der Waals surface area contributed by atoms with E-state index in [0.29, 0.717) is 5.75 Å². The maximum atomic E-state index is 14.4. The summed E-state index contributed by atoms with van der Waals surface area (Å²) in [5, 5.41) is 2.42. The van der Waals surface area contributed by atoms with E-state index in [-0.39, 0.29) is 22.4 Å². The predicted octanol–water partition coefficient (Wildman–Crippen LogP) is 3.75. The highest BCUT2D eigenvalue weighted by atomic mass is 19.1. The van der Waals surface area contributed by atoms with E-state index in [2.05, 4.69) is 5.32 Å². The van der Waals surface area contributed by atoms with Gasteiger partial charge >= 0.3 is 5.97 Å². The van der Waals surface area contributed by atoms with Gasteiger partial charge in [-0.1, -0.05) is 42.5 Å². The molecule has 166 valence electrons. The fraction of sp³-hybridized carbons (Fsp3) is 0.120. The minimum absolute atomic E-state index is 0.173. The first-order valence-corrected chi connectivity index (χ1v) is 9.99. The Morgan fingerprint density at radius 3 is 2.39 bits per heavy atom. The molecule has 2 atom stereocenters. The Kier molecular flexibility index (Phi) is 5.99. The summed E-state index contributed by atoms with van der Waals surface area (Å²) >= 11 is 0. The number of cyclic esters (lactones) is 1. The second kappa shape index (κ2) is 9.04. The number of anilines is 1. The zero-order chi connectivity index (χ0) is 23.5. The van der Waals surface area contributed by atoms with E-state index in [1.165, 1.54) is 43.5 Å². The first kappa shape index (κ1) is 21.9. The van der Waals surface area contributed by atoms with Gasteiger partial charge in [-0.25, -0.2) is 9.18 Å². The van der Waals surface area contributed by atoms with Crippen LogP contribution in [0.4, 0.5) is 10.1 Å². The highest BCUT2D eigenvalue weighted by molar-refractivity contribution is 6.45. The third-order valence-electron chi connectivity index (χ3n) is 5.31. The van der Waals surface area contributed by atoms with Gasteiger partial charge in [-0.15, -0.1) is 0 Å². The molecule has 1 N–H and O–H groups in total. The summed E-state index contributed by atoms with van der Waals surface area (Å²) in [4.78, 5) is 51.9. The number of methoxy groups -OCH3 is 1. The number of Topliss-reactive ketones (excluding diaryl/α,β-unsaturated/α-hetero) is 2. The van der Waals surface area contributed by atoms with Crippen LogP contribution < -0.4 is 10.1 Å². The molecule has 1 aliphatic rings. The molecule has 4 rings (SSSR count). The first-order valence-electron chi connectivity index (χ1n) is 9.99. The Labute approximate surface area is 188 Å². The summed E-state index contributed by atoms with van der Waals surface area (Å²) in [6.45, 7) is 0. The summed E-state index contributed by atoms with van der Waals surface area (Å²) in [7, 11) is 1.40. The third-order valence-corrected chi connectivity index (χ3v) is 5.31. The van der Waals surface area contributed by atoms with Gasteiger partial charge in [-0.05, 0) is 30.3 Å². The Balaban J connectivity index is 1.74. The average Bonchev–Trinajstić information content (AvgIpc) is 3.16. The van der Waals surface area contributed by atoms with E-state index in [1.807, 2.05) is 0 Å². The van der Waals surface area contributed by atoms with E-state index in [1.54, 1.807) is 30.3 Å². The van der Waals surface area contributed by atoms with Crippen LogP contribution >= 0.6 is 0 Å². The van der Waals surface area contributed by atoms with Crippen LogP contribution in [0.15, 0.2) is 72.8 Å². The smallest absolute Gasteiger partial charge is 0.339 e. The maximum Gasteiger partial charge on any atom is 0.339 e. The standard InChI is InChI=1S/C25H18FNO6/c1-32-19-13-7-6-12-18(19)27-24(30)22(29)20(21(28)16-10-4-5-11-17(16)26)23-14-8-2-3-9-15(14)25(31)33-23/h2-13,20,23H,1H3,(H,27,30)/t20-,23-/m0/s1. The van der Waals surface area contributed by atoms with Crippen molar-refractivity contribution in [2.75, 3.05) is 12.4 Å². The monoisotopic (exact) mass is 447 g/mol. The molecule has 1 amide bonds. The quantitative estimate of drug-likeness (QED) is 0.256. The molecule has 33 heavy (non-hydrogen) atoms. The molecular weight excluding hydrogens is 429 g/mol. The molecule has 3 aromatic carbocycles. The first-order chi connectivity index (χ1) is 15.9. The molecule has 1 aliphatic heterocycles. The van der Waals surface area contributed by atoms with Crippen molar-refractivity contribution in [3.63, 3.8) is 0 Å². The van der Waals surface area contributed by atoms with Crippen molar-refractivity contribution in [2.45, 2.75) is 6.10 Å². The van der Waals surface area contributed by atoms with Crippen molar-refractivity contribution in [1.29, 1.82) is 0 Å². The lowest BCUT2D eigenvalue weighted by Gasteiger charge is -2.21. The van der Waals surface area contributed by atoms with Crippen molar-refractivity contribution >= 4 is 29.1 Å². The molecule has 3 aromatic rings. The second-order valence-electron chi connectivity index (χ2n) is 7.25. The van der Waals surface area contributed by atoms with E-state index >= 15 is 0 Å². The predicted molar refractivity (Wildman–Crippen MR) is 115 cm³/mol. The van der Waals surface area contributed by atoms with Gasteiger partial charge in [-0.2, -0.15) is 0 Å². The van der Waals surface area contributed by atoms with Crippen molar-refractivity contribution in [2.24, 2.45) is 5.92 Å². The topological polar surface area (TPSA) is 98.8 Å². The molecule has 0 saturated carbocycles. The van der Waals surface area contributed by atoms with Gasteiger partial charge in [0.2, 0.25) is 5.78 Å². The average molecular weight is 447 g/mol. The highest BCUT2D eigenvalue weighted by Gasteiger charge is 2.46. The number of esters is 1. The van der Waals surface area contributed by atoms with Gasteiger partial charge in [0.05, 0.1) is 23.9 Å². The summed E-state index contributed by atoms with van der Waals surface area (Å²) in [5.74, 6) is -6.36. The fourth-order valence-corrected chi connectivity index (χ4v) is 3.72. The number of amides is 1. The Morgan fingerprint density at radius 1 is 0.970 bits per heavy atom. The Bertz CT molecular complexity index is 1270. The molecule has 0 aliphatic carbocycles. The van der Waals surface area contributed by atoms with Crippen LogP contribution in [-0.2, 0) is 14.3 Å². The largest absolute Gasteiger partial charge is 0.495 e. The molecule has 8 heteroatoms. The number of hydrogen-bond donors (Lipinski definition) is 1. The van der Waals surface area contributed by atoms with Crippen LogP contribution in [0.3, 0.4) is 0 Å². The van der Waals surface area contributed by atoms with Crippen LogP contribution in [0.1, 0.15) is 32.4 Å². The lowest BCUT2D eigenvalue weighted by Crippen LogP contribution is -2.38. The molecule has 0 bridgehead atoms. The molecule has 1 heterocycles. The molecule has 0 saturated heterocycles. The zero-order valence-corrected chi connectivity index (χ0v) is 17.4. The summed E-state index contributed by atoms with van der Waals surface area (Å²) < 4.78 is 24.9. The number of fused-ring (bicyclic) bond motifs is 1. The number of ether oxygens (including phenoxy) is 2. The normalized spacial score (nSPS) is 15.2. The van der Waals surface area contributed by atoms with Crippen LogP contribution in [0.2, 0.25) is 0 Å². The van der Waals surface area contributed by atoms with Crippen LogP contribution in [0, 0.1) is 11.7 Å². The summed E-state index contributed by atoms with van der Waals surface area (Å²) in [6.07, 6.45) is -1.38. The SMILES string of the molecule is COc1ccccc1NC(=O)C(=O)[C@H](C(=O)c1ccccc1F)[C@H]1OC(=O)c2ccccc21. The minimum Gasteiger partial charge on any atom is -0.495 e. The van der Waals surface area contributed by atoms with Gasteiger partial charge in [0.15, 0.2) is 5.78 Å². The van der Waals surface area contributed by atoms with Crippen LogP contribution in [-0.4, -0.2) is 30.6 Å². The summed E-state index contributed by atoms with van der Waals surface area (Å²) in [5.41, 5.74) is 0.267. The lowest BCUT2D eigenvalue weighted by molar-refractivity contribution is -0.138. The lowest BCUT2D eigenvalue weighted by atomic mass is 9.84. The Morgan fingerprint density at radius 2 is 1.64 bits per heavy atom. The van der Waals surface area contributed by atoms with E-state index in [0.717, 1.165) is 6.07 Å². The number of halogens is 1. The van der Waals surface area contributed by atoms with Gasteiger partial charge in [0, 0.05) is 5.56 Å². The molecule has 0 spiro atoms. The van der Waals surface area contributed by atoms with Gasteiger partial charge < -0.3 is 14.8 Å². The number of hydrogen-bond acceptors (Lipinski definition) is 6. The molecule has 7 nitrogen and oxygen atoms in total.